The molecule has 0 aliphatic heterocycles. The van der Waals surface area contributed by atoms with Gasteiger partial charge in [0.25, 0.3) is 0 Å². The molecule has 2 rings (SSSR count). The van der Waals surface area contributed by atoms with Gasteiger partial charge in [-0.1, -0.05) is 43.2 Å². The molecule has 0 heterocycles. The van der Waals surface area contributed by atoms with Crippen LogP contribution in [-0.2, 0) is 11.2 Å². The van der Waals surface area contributed by atoms with Crippen LogP contribution >= 0.6 is 31.9 Å². The first kappa shape index (κ1) is 18.2. The molecule has 0 fully saturated rings. The van der Waals surface area contributed by atoms with Crippen LogP contribution in [0.15, 0.2) is 51.4 Å². The third-order valence-electron chi connectivity index (χ3n) is 3.57. The van der Waals surface area contributed by atoms with Crippen LogP contribution in [0.2, 0.25) is 0 Å². The second-order valence-electron chi connectivity index (χ2n) is 5.37. The molecule has 0 aliphatic rings. The number of unbranched alkanes of at least 4 members (excludes halogenated alkanes) is 3. The van der Waals surface area contributed by atoms with Gasteiger partial charge in [0.05, 0.1) is 15.6 Å². The largest absolute Gasteiger partial charge is 0.491 e. The Labute approximate surface area is 154 Å². The molecule has 0 amide bonds. The highest BCUT2D eigenvalue weighted by molar-refractivity contribution is 9.11. The quantitative estimate of drug-likeness (QED) is 0.459. The van der Waals surface area contributed by atoms with Crippen LogP contribution < -0.4 is 4.74 Å². The van der Waals surface area contributed by atoms with Gasteiger partial charge in [0.1, 0.15) is 5.75 Å². The Bertz CT molecular complexity index is 604. The minimum atomic E-state index is 0.497. The summed E-state index contributed by atoms with van der Waals surface area (Å²) < 4.78 is 7.35. The van der Waals surface area contributed by atoms with Gasteiger partial charge in [-0.3, -0.25) is 4.79 Å². The van der Waals surface area contributed by atoms with Gasteiger partial charge >= 0.3 is 0 Å². The lowest BCUT2D eigenvalue weighted by Gasteiger charge is -2.10. The number of hydrogen-bond donors (Lipinski definition) is 0. The van der Waals surface area contributed by atoms with Crippen molar-refractivity contribution in [2.45, 2.75) is 32.1 Å². The van der Waals surface area contributed by atoms with Crippen molar-refractivity contribution in [1.82, 2.24) is 0 Å². The maximum atomic E-state index is 10.7. The number of benzene rings is 2. The summed E-state index contributed by atoms with van der Waals surface area (Å²) in [6.07, 6.45) is 7.61. The van der Waals surface area contributed by atoms with E-state index < -0.39 is 0 Å². The smallest absolute Gasteiger partial charge is 0.233 e. The fourth-order valence-corrected chi connectivity index (χ4v) is 3.78. The monoisotopic (exact) mass is 437 g/mol. The van der Waals surface area contributed by atoms with Crippen molar-refractivity contribution < 1.29 is 9.53 Å². The molecule has 0 spiro atoms. The van der Waals surface area contributed by atoms with E-state index in [0.717, 1.165) is 34.0 Å². The number of hydrogen-bond acceptors (Lipinski definition) is 2. The van der Waals surface area contributed by atoms with Crippen molar-refractivity contribution in [3.63, 3.8) is 0 Å². The van der Waals surface area contributed by atoms with Crippen LogP contribution in [0.5, 0.6) is 5.75 Å². The van der Waals surface area contributed by atoms with Crippen molar-refractivity contribution in [3.8, 4) is 5.75 Å². The van der Waals surface area contributed by atoms with E-state index in [0.29, 0.717) is 12.2 Å². The molecule has 0 saturated heterocycles. The highest BCUT2D eigenvalue weighted by atomic mass is 79.9. The molecule has 0 aliphatic carbocycles. The lowest BCUT2D eigenvalue weighted by atomic mass is 10.1. The first-order chi connectivity index (χ1) is 11.2. The van der Waals surface area contributed by atoms with Gasteiger partial charge < -0.3 is 4.74 Å². The molecule has 0 N–H and O–H groups in total. The van der Waals surface area contributed by atoms with Crippen LogP contribution in [-0.4, -0.2) is 12.9 Å². The third kappa shape index (κ3) is 6.11. The Morgan fingerprint density at radius 2 is 1.57 bits per heavy atom. The molecule has 23 heavy (non-hydrogen) atoms. The highest BCUT2D eigenvalue weighted by Gasteiger charge is 2.09. The maximum absolute atomic E-state index is 10.7. The number of rotatable bonds is 9. The summed E-state index contributed by atoms with van der Waals surface area (Å²) in [6, 6.07) is 14.0. The Hall–Kier alpha value is -1.13. The van der Waals surface area contributed by atoms with E-state index in [1.165, 1.54) is 18.4 Å². The molecular formula is C19H19Br2O2. The Kier molecular flexibility index (Phi) is 7.83. The minimum absolute atomic E-state index is 0.497. The van der Waals surface area contributed by atoms with E-state index in [2.05, 4.69) is 62.2 Å². The van der Waals surface area contributed by atoms with Crippen LogP contribution in [0.1, 0.15) is 36.8 Å². The van der Waals surface area contributed by atoms with Crippen molar-refractivity contribution in [2.24, 2.45) is 0 Å². The van der Waals surface area contributed by atoms with E-state index in [1.54, 1.807) is 12.1 Å². The normalized spacial score (nSPS) is 10.5. The summed E-state index contributed by atoms with van der Waals surface area (Å²) >= 11 is 6.85. The predicted octanol–water partition coefficient (Wildman–Crippen LogP) is 5.85. The topological polar surface area (TPSA) is 26.3 Å². The van der Waals surface area contributed by atoms with Crippen molar-refractivity contribution >= 4 is 38.1 Å². The van der Waals surface area contributed by atoms with Crippen LogP contribution in [0.4, 0.5) is 0 Å². The Morgan fingerprint density at radius 1 is 0.913 bits per heavy atom. The fraction of sp³-hybridized carbons (Fsp3) is 0.316. The molecule has 4 heteroatoms. The summed E-state index contributed by atoms with van der Waals surface area (Å²) in [5, 5.41) is 0. The average molecular weight is 439 g/mol. The van der Waals surface area contributed by atoms with Gasteiger partial charge in [0.2, 0.25) is 6.29 Å². The molecule has 0 bridgehead atoms. The molecule has 0 aromatic heterocycles. The van der Waals surface area contributed by atoms with Gasteiger partial charge in [0.15, 0.2) is 0 Å². The lowest BCUT2D eigenvalue weighted by Crippen LogP contribution is -1.99. The molecule has 0 atom stereocenters. The summed E-state index contributed by atoms with van der Waals surface area (Å²) in [5.74, 6) is 0.744. The number of aryl methyl sites for hydroxylation is 1. The number of ether oxygens (including phenoxy) is 1. The van der Waals surface area contributed by atoms with E-state index in [1.807, 2.05) is 6.29 Å². The summed E-state index contributed by atoms with van der Waals surface area (Å²) in [7, 11) is 0. The van der Waals surface area contributed by atoms with Crippen molar-refractivity contribution in [2.75, 3.05) is 6.61 Å². The van der Waals surface area contributed by atoms with Gasteiger partial charge in [-0.25, -0.2) is 0 Å². The average Bonchev–Trinajstić information content (AvgIpc) is 2.56. The second kappa shape index (κ2) is 9.89. The summed E-state index contributed by atoms with van der Waals surface area (Å²) in [6.45, 7) is 0.673. The Balaban J connectivity index is 1.65. The third-order valence-corrected chi connectivity index (χ3v) is 4.74. The van der Waals surface area contributed by atoms with Gasteiger partial charge in [-0.15, -0.1) is 0 Å². The molecule has 2 nitrogen and oxygen atoms in total. The molecule has 2 aromatic carbocycles. The minimum Gasteiger partial charge on any atom is -0.491 e. The van der Waals surface area contributed by atoms with E-state index >= 15 is 0 Å². The molecule has 1 radical (unpaired) electrons. The summed E-state index contributed by atoms with van der Waals surface area (Å²) in [5.41, 5.74) is 1.90. The van der Waals surface area contributed by atoms with Crippen molar-refractivity contribution in [3.05, 3.63) is 62.5 Å². The number of halogens is 2. The molecule has 0 unspecified atom stereocenters. The Morgan fingerprint density at radius 3 is 2.22 bits per heavy atom. The molecule has 2 aromatic rings. The zero-order valence-electron chi connectivity index (χ0n) is 12.9. The first-order valence-corrected chi connectivity index (χ1v) is 9.33. The van der Waals surface area contributed by atoms with Gasteiger partial charge in [-0.2, -0.15) is 0 Å². The van der Waals surface area contributed by atoms with Gasteiger partial charge in [-0.05, 0) is 68.8 Å². The van der Waals surface area contributed by atoms with Crippen LogP contribution in [0.25, 0.3) is 0 Å². The maximum Gasteiger partial charge on any atom is 0.233 e. The number of carbonyl (C=O) groups excluding carboxylic acids is 1. The van der Waals surface area contributed by atoms with E-state index in [9.17, 15) is 4.79 Å². The standard InChI is InChI=1S/C19H19Br2O2/c20-17-12-16(14-22)13-18(21)19(17)23-11-7-2-1-4-8-15-9-5-3-6-10-15/h3,5-6,9-10,12-13H,1-2,4,7-8,11H2. The molecule has 121 valence electrons. The molecular weight excluding hydrogens is 420 g/mol. The zero-order chi connectivity index (χ0) is 16.5. The van der Waals surface area contributed by atoms with Crippen LogP contribution in [0, 0.1) is 0 Å². The second-order valence-corrected chi connectivity index (χ2v) is 7.08. The molecule has 0 saturated carbocycles. The van der Waals surface area contributed by atoms with Crippen LogP contribution in [0.3, 0.4) is 0 Å². The van der Waals surface area contributed by atoms with Gasteiger partial charge in [0, 0.05) is 5.56 Å². The predicted molar refractivity (Wildman–Crippen MR) is 101 cm³/mol. The highest BCUT2D eigenvalue weighted by Crippen LogP contribution is 2.34. The summed E-state index contributed by atoms with van der Waals surface area (Å²) in [4.78, 5) is 10.7. The van der Waals surface area contributed by atoms with E-state index in [-0.39, 0.29) is 0 Å². The fourth-order valence-electron chi connectivity index (χ4n) is 2.36. The van der Waals surface area contributed by atoms with E-state index in [4.69, 9.17) is 4.74 Å². The SMILES string of the molecule is O=[C]c1cc(Br)c(OCCCCCCc2ccccc2)c(Br)c1. The van der Waals surface area contributed by atoms with Crippen molar-refractivity contribution in [1.29, 1.82) is 0 Å². The first-order valence-electron chi connectivity index (χ1n) is 7.74. The lowest BCUT2D eigenvalue weighted by molar-refractivity contribution is 0.301. The zero-order valence-corrected chi connectivity index (χ0v) is 16.0.